The summed E-state index contributed by atoms with van der Waals surface area (Å²) in [5.74, 6) is -2.84. The molecule has 0 saturated heterocycles. The van der Waals surface area contributed by atoms with Gasteiger partial charge in [-0.25, -0.2) is 13.8 Å². The van der Waals surface area contributed by atoms with Gasteiger partial charge in [-0.05, 0) is 25.5 Å². The number of hydrogen-bond acceptors (Lipinski definition) is 4. The zero-order valence-electron chi connectivity index (χ0n) is 11.6. The molecule has 0 aliphatic carbocycles. The summed E-state index contributed by atoms with van der Waals surface area (Å²) < 4.78 is 27.4. The van der Waals surface area contributed by atoms with E-state index in [0.717, 1.165) is 23.4 Å². The third-order valence-corrected chi connectivity index (χ3v) is 4.31. The van der Waals surface area contributed by atoms with Crippen LogP contribution in [0.3, 0.4) is 0 Å². The van der Waals surface area contributed by atoms with Crippen LogP contribution in [0.1, 0.15) is 40.1 Å². The van der Waals surface area contributed by atoms with Gasteiger partial charge in [0.25, 0.3) is 5.91 Å². The van der Waals surface area contributed by atoms with Crippen LogP contribution in [0.25, 0.3) is 0 Å². The van der Waals surface area contributed by atoms with E-state index in [9.17, 15) is 13.6 Å². The van der Waals surface area contributed by atoms with Crippen molar-refractivity contribution in [2.45, 2.75) is 26.3 Å². The predicted octanol–water partition coefficient (Wildman–Crippen LogP) is 3.06. The number of hydrogen-bond donors (Lipinski definition) is 2. The number of halogens is 2. The van der Waals surface area contributed by atoms with Gasteiger partial charge < -0.3 is 11.1 Å². The van der Waals surface area contributed by atoms with E-state index in [-0.39, 0.29) is 5.69 Å². The van der Waals surface area contributed by atoms with E-state index in [1.54, 1.807) is 13.1 Å². The zero-order valence-corrected chi connectivity index (χ0v) is 12.4. The van der Waals surface area contributed by atoms with Crippen molar-refractivity contribution in [1.82, 2.24) is 10.3 Å². The molecule has 3 N–H and O–H groups in total. The van der Waals surface area contributed by atoms with E-state index in [4.69, 9.17) is 5.73 Å². The first-order chi connectivity index (χ1) is 9.93. The average Bonchev–Trinajstić information content (AvgIpc) is 2.92. The highest BCUT2D eigenvalue weighted by atomic mass is 32.1. The largest absolute Gasteiger partial charge is 0.396 e. The molecule has 112 valence electrons. The van der Waals surface area contributed by atoms with Crippen LogP contribution < -0.4 is 11.1 Å². The maximum absolute atomic E-state index is 13.8. The Hall–Kier alpha value is -2.02. The van der Waals surface area contributed by atoms with Gasteiger partial charge in [-0.3, -0.25) is 4.79 Å². The van der Waals surface area contributed by atoms with Crippen LogP contribution >= 0.6 is 11.3 Å². The summed E-state index contributed by atoms with van der Waals surface area (Å²) in [6, 6.07) is 1.61. The van der Waals surface area contributed by atoms with E-state index in [0.29, 0.717) is 5.01 Å². The maximum Gasteiger partial charge on any atom is 0.257 e. The second kappa shape index (κ2) is 6.17. The Morgan fingerprint density at radius 3 is 2.81 bits per heavy atom. The molecule has 1 aromatic carbocycles. The molecule has 1 unspecified atom stereocenters. The Morgan fingerprint density at radius 1 is 1.48 bits per heavy atom. The smallest absolute Gasteiger partial charge is 0.257 e. The van der Waals surface area contributed by atoms with E-state index >= 15 is 0 Å². The Kier molecular flexibility index (Phi) is 4.52. The number of nitrogens with zero attached hydrogens (tertiary/aromatic N) is 1. The van der Waals surface area contributed by atoms with Crippen molar-refractivity contribution >= 4 is 22.9 Å². The highest BCUT2D eigenvalue weighted by Crippen LogP contribution is 2.22. The summed E-state index contributed by atoms with van der Waals surface area (Å²) in [6.07, 6.45) is 2.57. The van der Waals surface area contributed by atoms with Crippen molar-refractivity contribution < 1.29 is 13.6 Å². The number of carbonyl (C=O) groups excluding carboxylic acids is 1. The summed E-state index contributed by atoms with van der Waals surface area (Å²) in [4.78, 5) is 17.3. The van der Waals surface area contributed by atoms with Crippen molar-refractivity contribution in [3.63, 3.8) is 0 Å². The molecule has 0 fully saturated rings. The average molecular weight is 311 g/mol. The molecule has 21 heavy (non-hydrogen) atoms. The van der Waals surface area contributed by atoms with Crippen LogP contribution in [0.4, 0.5) is 14.5 Å². The van der Waals surface area contributed by atoms with Crippen LogP contribution in [0.5, 0.6) is 0 Å². The number of anilines is 1. The van der Waals surface area contributed by atoms with Gasteiger partial charge in [-0.1, -0.05) is 6.92 Å². The normalized spacial score (nSPS) is 12.2. The lowest BCUT2D eigenvalue weighted by Crippen LogP contribution is -2.28. The monoisotopic (exact) mass is 311 g/mol. The van der Waals surface area contributed by atoms with Crippen LogP contribution in [0, 0.1) is 11.6 Å². The lowest BCUT2D eigenvalue weighted by molar-refractivity contribution is 0.0931. The van der Waals surface area contributed by atoms with Crippen molar-refractivity contribution in [2.75, 3.05) is 5.73 Å². The van der Waals surface area contributed by atoms with Gasteiger partial charge in [0.1, 0.15) is 16.4 Å². The minimum Gasteiger partial charge on any atom is -0.396 e. The Balaban J connectivity index is 2.20. The minimum atomic E-state index is -1.05. The van der Waals surface area contributed by atoms with Gasteiger partial charge in [0.05, 0.1) is 11.7 Å². The lowest BCUT2D eigenvalue weighted by Gasteiger charge is -2.12. The first kappa shape index (κ1) is 15.4. The summed E-state index contributed by atoms with van der Waals surface area (Å²) >= 11 is 1.45. The second-order valence-corrected chi connectivity index (χ2v) is 5.69. The Morgan fingerprint density at radius 2 is 2.19 bits per heavy atom. The molecule has 1 amide bonds. The molecule has 0 bridgehead atoms. The SMILES string of the molecule is CCc1cnc(C(C)NC(=O)c2c(F)ccc(N)c2F)s1. The molecule has 0 aliphatic rings. The first-order valence-electron chi connectivity index (χ1n) is 6.43. The van der Waals surface area contributed by atoms with Gasteiger partial charge in [0.15, 0.2) is 5.82 Å². The third-order valence-electron chi connectivity index (χ3n) is 2.99. The number of nitrogens with one attached hydrogen (secondary N) is 1. The Labute approximate surface area is 125 Å². The van der Waals surface area contributed by atoms with E-state index in [1.807, 2.05) is 6.92 Å². The number of aromatic nitrogens is 1. The van der Waals surface area contributed by atoms with Crippen molar-refractivity contribution in [3.8, 4) is 0 Å². The van der Waals surface area contributed by atoms with E-state index in [1.165, 1.54) is 11.3 Å². The number of rotatable bonds is 4. The molecule has 1 aromatic heterocycles. The fourth-order valence-electron chi connectivity index (χ4n) is 1.79. The summed E-state index contributed by atoms with van der Waals surface area (Å²) in [5.41, 5.74) is 4.42. The Bertz CT molecular complexity index is 672. The maximum atomic E-state index is 13.8. The molecule has 0 saturated carbocycles. The highest BCUT2D eigenvalue weighted by molar-refractivity contribution is 7.11. The van der Waals surface area contributed by atoms with E-state index in [2.05, 4.69) is 10.3 Å². The quantitative estimate of drug-likeness (QED) is 0.853. The summed E-state index contributed by atoms with van der Waals surface area (Å²) in [5, 5.41) is 3.22. The van der Waals surface area contributed by atoms with Crippen LogP contribution in [-0.2, 0) is 6.42 Å². The summed E-state index contributed by atoms with van der Waals surface area (Å²) in [6.45, 7) is 3.70. The van der Waals surface area contributed by atoms with Gasteiger partial charge in [-0.2, -0.15) is 0 Å². The number of nitrogen functional groups attached to an aromatic ring is 1. The molecule has 2 aromatic rings. The molecule has 2 rings (SSSR count). The molecular formula is C14H15F2N3OS. The van der Waals surface area contributed by atoms with Crippen LogP contribution in [0.2, 0.25) is 0 Å². The molecule has 1 atom stereocenters. The fourth-order valence-corrected chi connectivity index (χ4v) is 2.65. The van der Waals surface area contributed by atoms with Crippen molar-refractivity contribution in [1.29, 1.82) is 0 Å². The third kappa shape index (κ3) is 3.18. The first-order valence-corrected chi connectivity index (χ1v) is 7.24. The molecule has 0 aliphatic heterocycles. The van der Waals surface area contributed by atoms with E-state index < -0.39 is 29.1 Å². The van der Waals surface area contributed by atoms with Gasteiger partial charge in [0.2, 0.25) is 0 Å². The number of carbonyl (C=O) groups is 1. The number of thiazole rings is 1. The molecule has 0 radical (unpaired) electrons. The summed E-state index contributed by atoms with van der Waals surface area (Å²) in [7, 11) is 0. The van der Waals surface area contributed by atoms with Gasteiger partial charge >= 0.3 is 0 Å². The predicted molar refractivity (Wildman–Crippen MR) is 78.1 cm³/mol. The zero-order chi connectivity index (χ0) is 15.6. The minimum absolute atomic E-state index is 0.267. The molecular weight excluding hydrogens is 296 g/mol. The van der Waals surface area contributed by atoms with Crippen molar-refractivity contribution in [3.05, 3.63) is 45.4 Å². The number of aryl methyl sites for hydroxylation is 1. The lowest BCUT2D eigenvalue weighted by atomic mass is 10.1. The van der Waals surface area contributed by atoms with Gasteiger partial charge in [-0.15, -0.1) is 11.3 Å². The molecule has 4 nitrogen and oxygen atoms in total. The molecule has 0 spiro atoms. The van der Waals surface area contributed by atoms with Gasteiger partial charge in [0, 0.05) is 11.1 Å². The number of amides is 1. The van der Waals surface area contributed by atoms with Crippen LogP contribution in [-0.4, -0.2) is 10.9 Å². The second-order valence-electron chi connectivity index (χ2n) is 4.54. The van der Waals surface area contributed by atoms with Crippen LogP contribution in [0.15, 0.2) is 18.3 Å². The number of nitrogens with two attached hydrogens (primary N) is 1. The topological polar surface area (TPSA) is 68.0 Å². The number of benzene rings is 1. The fraction of sp³-hybridized carbons (Fsp3) is 0.286. The highest BCUT2D eigenvalue weighted by Gasteiger charge is 2.22. The van der Waals surface area contributed by atoms with Crippen molar-refractivity contribution in [2.24, 2.45) is 0 Å². The standard InChI is InChI=1S/C14H15F2N3OS/c1-3-8-6-18-14(21-8)7(2)19-13(20)11-9(15)4-5-10(17)12(11)16/h4-7H,3,17H2,1-2H3,(H,19,20). The molecule has 1 heterocycles. The molecule has 7 heteroatoms.